The van der Waals surface area contributed by atoms with Gasteiger partial charge in [-0.3, -0.25) is 14.2 Å². The average Bonchev–Trinajstić information content (AvgIpc) is 2.55. The first-order valence-electron chi connectivity index (χ1n) is 7.41. The summed E-state index contributed by atoms with van der Waals surface area (Å²) in [5.41, 5.74) is 1.35. The van der Waals surface area contributed by atoms with E-state index in [4.69, 9.17) is 9.84 Å². The third-order valence-corrected chi connectivity index (χ3v) is 3.68. The van der Waals surface area contributed by atoms with Crippen LogP contribution in [-0.2, 0) is 20.9 Å². The molecule has 128 valence electrons. The van der Waals surface area contributed by atoms with E-state index < -0.39 is 12.1 Å². The van der Waals surface area contributed by atoms with E-state index in [1.165, 1.54) is 18.0 Å². The third-order valence-electron chi connectivity index (χ3n) is 3.68. The van der Waals surface area contributed by atoms with Crippen molar-refractivity contribution in [2.45, 2.75) is 26.0 Å². The number of methoxy groups -OCH3 is 1. The molecular formula is C16H19N3O5. The predicted molar refractivity (Wildman–Crippen MR) is 86.8 cm³/mol. The molecule has 0 saturated heterocycles. The van der Waals surface area contributed by atoms with Crippen molar-refractivity contribution >= 4 is 22.8 Å². The Kier molecular flexibility index (Phi) is 5.64. The van der Waals surface area contributed by atoms with E-state index in [0.29, 0.717) is 10.9 Å². The molecule has 0 fully saturated rings. The normalized spacial score (nSPS) is 12.1. The largest absolute Gasteiger partial charge is 0.479 e. The molecule has 0 aliphatic rings. The molecule has 1 aromatic carbocycles. The van der Waals surface area contributed by atoms with Crippen LogP contribution in [0.15, 0.2) is 29.3 Å². The molecule has 2 aromatic rings. The number of carbonyl (C=O) groups is 2. The molecule has 0 radical (unpaired) electrons. The van der Waals surface area contributed by atoms with E-state index in [0.717, 1.165) is 5.56 Å². The van der Waals surface area contributed by atoms with Crippen LogP contribution in [0.2, 0.25) is 0 Å². The van der Waals surface area contributed by atoms with Crippen LogP contribution < -0.4 is 10.9 Å². The first-order chi connectivity index (χ1) is 11.4. The molecule has 8 heteroatoms. The minimum atomic E-state index is -1.15. The fourth-order valence-electron chi connectivity index (χ4n) is 2.29. The van der Waals surface area contributed by atoms with Gasteiger partial charge < -0.3 is 15.2 Å². The Morgan fingerprint density at radius 1 is 1.42 bits per heavy atom. The van der Waals surface area contributed by atoms with Gasteiger partial charge in [0.1, 0.15) is 0 Å². The van der Waals surface area contributed by atoms with Crippen molar-refractivity contribution in [1.29, 1.82) is 0 Å². The van der Waals surface area contributed by atoms with E-state index in [-0.39, 0.29) is 31.0 Å². The first kappa shape index (κ1) is 17.6. The highest BCUT2D eigenvalue weighted by Crippen LogP contribution is 2.11. The summed E-state index contributed by atoms with van der Waals surface area (Å²) in [7, 11) is 1.26. The molecule has 1 atom stereocenters. The van der Waals surface area contributed by atoms with Crippen molar-refractivity contribution in [3.8, 4) is 0 Å². The second kappa shape index (κ2) is 7.69. The van der Waals surface area contributed by atoms with Gasteiger partial charge in [-0.15, -0.1) is 0 Å². The molecule has 1 amide bonds. The minimum absolute atomic E-state index is 0.0367. The summed E-state index contributed by atoms with van der Waals surface area (Å²) in [5, 5.41) is 11.8. The Morgan fingerprint density at radius 2 is 2.17 bits per heavy atom. The van der Waals surface area contributed by atoms with Crippen LogP contribution >= 0.6 is 0 Å². The Morgan fingerprint density at radius 3 is 2.83 bits per heavy atom. The molecule has 0 bridgehead atoms. The molecule has 2 rings (SSSR count). The number of fused-ring (bicyclic) bond motifs is 1. The third kappa shape index (κ3) is 3.96. The number of ether oxygens (including phenoxy) is 1. The van der Waals surface area contributed by atoms with Gasteiger partial charge in [0.05, 0.1) is 23.8 Å². The van der Waals surface area contributed by atoms with E-state index >= 15 is 0 Å². The molecule has 24 heavy (non-hydrogen) atoms. The number of amides is 1. The Hall–Kier alpha value is -2.74. The van der Waals surface area contributed by atoms with Gasteiger partial charge in [-0.05, 0) is 18.6 Å². The van der Waals surface area contributed by atoms with Gasteiger partial charge in [-0.25, -0.2) is 9.78 Å². The topological polar surface area (TPSA) is 111 Å². The number of carboxylic acids is 1. The van der Waals surface area contributed by atoms with Crippen LogP contribution in [0.3, 0.4) is 0 Å². The van der Waals surface area contributed by atoms with Crippen LogP contribution in [0.5, 0.6) is 0 Å². The summed E-state index contributed by atoms with van der Waals surface area (Å²) in [5.74, 6) is -1.52. The molecule has 1 heterocycles. The number of hydrogen-bond donors (Lipinski definition) is 2. The highest BCUT2D eigenvalue weighted by molar-refractivity contribution is 5.80. The predicted octanol–water partition coefficient (Wildman–Crippen LogP) is 0.311. The fraction of sp³-hybridized carbons (Fsp3) is 0.375. The second-order valence-electron chi connectivity index (χ2n) is 5.33. The number of carboxylic acid groups (broad SMARTS) is 1. The Labute approximate surface area is 138 Å². The summed E-state index contributed by atoms with van der Waals surface area (Å²) >= 11 is 0. The number of rotatable bonds is 7. The van der Waals surface area contributed by atoms with Crippen molar-refractivity contribution in [2.24, 2.45) is 0 Å². The van der Waals surface area contributed by atoms with E-state index in [9.17, 15) is 14.4 Å². The van der Waals surface area contributed by atoms with Crippen LogP contribution in [-0.4, -0.2) is 46.3 Å². The van der Waals surface area contributed by atoms with Gasteiger partial charge >= 0.3 is 5.97 Å². The van der Waals surface area contributed by atoms with Crippen molar-refractivity contribution in [3.63, 3.8) is 0 Å². The maximum absolute atomic E-state index is 12.4. The van der Waals surface area contributed by atoms with Gasteiger partial charge in [0.15, 0.2) is 6.10 Å². The monoisotopic (exact) mass is 333 g/mol. The minimum Gasteiger partial charge on any atom is -0.479 e. The van der Waals surface area contributed by atoms with Gasteiger partial charge in [0.2, 0.25) is 5.91 Å². The lowest BCUT2D eigenvalue weighted by atomic mass is 10.1. The summed E-state index contributed by atoms with van der Waals surface area (Å²) in [6, 6.07) is 5.36. The SMILES string of the molecule is COC(CNC(=O)CCn1cnc2c(C)cccc2c1=O)C(=O)O. The Balaban J connectivity index is 2.01. The zero-order valence-corrected chi connectivity index (χ0v) is 13.5. The van der Waals surface area contributed by atoms with Crippen molar-refractivity contribution < 1.29 is 19.4 Å². The van der Waals surface area contributed by atoms with Crippen molar-refractivity contribution in [1.82, 2.24) is 14.9 Å². The number of aliphatic carboxylic acids is 1. The first-order valence-corrected chi connectivity index (χ1v) is 7.41. The van der Waals surface area contributed by atoms with Crippen LogP contribution in [0.1, 0.15) is 12.0 Å². The lowest BCUT2D eigenvalue weighted by Crippen LogP contribution is -2.38. The maximum atomic E-state index is 12.4. The highest BCUT2D eigenvalue weighted by atomic mass is 16.5. The number of benzene rings is 1. The number of nitrogens with zero attached hydrogens (tertiary/aromatic N) is 2. The van der Waals surface area contributed by atoms with E-state index in [2.05, 4.69) is 10.3 Å². The number of aryl methyl sites for hydroxylation is 2. The zero-order chi connectivity index (χ0) is 17.7. The summed E-state index contributed by atoms with van der Waals surface area (Å²) in [6.07, 6.45) is 0.358. The second-order valence-corrected chi connectivity index (χ2v) is 5.33. The molecule has 2 N–H and O–H groups in total. The van der Waals surface area contributed by atoms with Gasteiger partial charge in [0, 0.05) is 20.1 Å². The fourth-order valence-corrected chi connectivity index (χ4v) is 2.29. The lowest BCUT2D eigenvalue weighted by molar-refractivity contribution is -0.148. The molecule has 1 unspecified atom stereocenters. The number of aromatic nitrogens is 2. The number of para-hydroxylation sites is 1. The zero-order valence-electron chi connectivity index (χ0n) is 13.5. The molecule has 1 aromatic heterocycles. The number of nitrogens with one attached hydrogen (secondary N) is 1. The van der Waals surface area contributed by atoms with Gasteiger partial charge in [0.25, 0.3) is 5.56 Å². The molecule has 0 saturated carbocycles. The standard InChI is InChI=1S/C16H19N3O5/c1-10-4-3-5-11-14(10)18-9-19(15(11)21)7-6-13(20)17-8-12(24-2)16(22)23/h3-5,9,12H,6-8H2,1-2H3,(H,17,20)(H,22,23). The summed E-state index contributed by atoms with van der Waals surface area (Å²) in [6.45, 7) is 1.90. The summed E-state index contributed by atoms with van der Waals surface area (Å²) in [4.78, 5) is 39.2. The summed E-state index contributed by atoms with van der Waals surface area (Å²) < 4.78 is 6.09. The Bertz CT molecular complexity index is 815. The van der Waals surface area contributed by atoms with E-state index in [1.807, 2.05) is 13.0 Å². The highest BCUT2D eigenvalue weighted by Gasteiger charge is 2.17. The van der Waals surface area contributed by atoms with Crippen LogP contribution in [0.4, 0.5) is 0 Å². The van der Waals surface area contributed by atoms with E-state index in [1.54, 1.807) is 12.1 Å². The lowest BCUT2D eigenvalue weighted by Gasteiger charge is -2.12. The van der Waals surface area contributed by atoms with Crippen LogP contribution in [0.25, 0.3) is 10.9 Å². The van der Waals surface area contributed by atoms with Crippen LogP contribution in [0, 0.1) is 6.92 Å². The van der Waals surface area contributed by atoms with Gasteiger partial charge in [-0.2, -0.15) is 0 Å². The van der Waals surface area contributed by atoms with Crippen molar-refractivity contribution in [2.75, 3.05) is 13.7 Å². The maximum Gasteiger partial charge on any atom is 0.334 e. The number of carbonyl (C=O) groups excluding carboxylic acids is 1. The molecule has 0 spiro atoms. The molecule has 8 nitrogen and oxygen atoms in total. The quantitative estimate of drug-likeness (QED) is 0.754. The van der Waals surface area contributed by atoms with Gasteiger partial charge in [-0.1, -0.05) is 12.1 Å². The molecular weight excluding hydrogens is 314 g/mol. The van der Waals surface area contributed by atoms with Crippen molar-refractivity contribution in [3.05, 3.63) is 40.4 Å². The molecule has 0 aliphatic carbocycles. The number of hydrogen-bond acceptors (Lipinski definition) is 5. The molecule has 0 aliphatic heterocycles. The average molecular weight is 333 g/mol. The smallest absolute Gasteiger partial charge is 0.334 e.